The van der Waals surface area contributed by atoms with Gasteiger partial charge >= 0.3 is 0 Å². The molecular weight excluding hydrogens is 467 g/mol. The number of piperidine rings is 1. The molecule has 1 unspecified atom stereocenters. The number of likely N-dealkylation sites (tertiary alicyclic amines) is 1. The molecule has 3 heterocycles. The van der Waals surface area contributed by atoms with E-state index in [0.717, 1.165) is 36.0 Å². The van der Waals surface area contributed by atoms with Gasteiger partial charge in [-0.05, 0) is 74.2 Å². The van der Waals surface area contributed by atoms with Gasteiger partial charge in [-0.3, -0.25) is 4.79 Å². The molecule has 1 aliphatic heterocycles. The minimum Gasteiger partial charge on any atom is -0.508 e. The first-order chi connectivity index (χ1) is 17.8. The van der Waals surface area contributed by atoms with Crippen molar-refractivity contribution < 1.29 is 14.3 Å². The Morgan fingerprint density at radius 2 is 2.08 bits per heavy atom. The molecule has 1 saturated heterocycles. The molecule has 0 spiro atoms. The zero-order valence-electron chi connectivity index (χ0n) is 20.7. The van der Waals surface area contributed by atoms with Crippen molar-refractivity contribution in [3.63, 3.8) is 0 Å². The molecule has 7 heteroatoms. The van der Waals surface area contributed by atoms with Crippen LogP contribution in [-0.2, 0) is 0 Å². The summed E-state index contributed by atoms with van der Waals surface area (Å²) in [5, 5.41) is 14.5. The van der Waals surface area contributed by atoms with Crippen LogP contribution in [0.3, 0.4) is 0 Å². The van der Waals surface area contributed by atoms with Crippen LogP contribution in [0.15, 0.2) is 60.7 Å². The van der Waals surface area contributed by atoms with Gasteiger partial charge in [-0.2, -0.15) is 0 Å². The Morgan fingerprint density at radius 1 is 1.24 bits per heavy atom. The molecule has 2 aliphatic rings. The van der Waals surface area contributed by atoms with Crippen molar-refractivity contribution in [2.75, 3.05) is 20.1 Å². The molecule has 2 aromatic carbocycles. The fourth-order valence-corrected chi connectivity index (χ4v) is 5.52. The van der Waals surface area contributed by atoms with Crippen molar-refractivity contribution in [2.24, 2.45) is 11.3 Å². The van der Waals surface area contributed by atoms with E-state index >= 15 is 0 Å². The number of hydrogen-bond donors (Lipinski definition) is 3. The molecular formula is C30H27FN4O2. The lowest BCUT2D eigenvalue weighted by Gasteiger charge is -2.19. The zero-order chi connectivity index (χ0) is 25.7. The average molecular weight is 495 g/mol. The number of benzene rings is 2. The second-order valence-corrected chi connectivity index (χ2v) is 10.3. The van der Waals surface area contributed by atoms with E-state index < -0.39 is 17.8 Å². The number of pyridine rings is 1. The number of nitrogens with zero attached hydrogens (tertiary/aromatic N) is 2. The van der Waals surface area contributed by atoms with Gasteiger partial charge in [-0.15, -0.1) is 0 Å². The molecule has 1 aliphatic carbocycles. The third-order valence-electron chi connectivity index (χ3n) is 7.40. The van der Waals surface area contributed by atoms with E-state index in [9.17, 15) is 14.3 Å². The molecule has 3 atom stereocenters. The summed E-state index contributed by atoms with van der Waals surface area (Å²) in [5.74, 6) is 6.31. The molecule has 3 N–H and O–H groups in total. The summed E-state index contributed by atoms with van der Waals surface area (Å²) < 4.78 is 14.2. The number of H-pyrrole nitrogens is 1. The summed E-state index contributed by atoms with van der Waals surface area (Å²) in [7, 11) is 2.12. The molecule has 1 amide bonds. The lowest BCUT2D eigenvalue weighted by atomic mass is 10.0. The number of phenols is 1. The number of hydrogen-bond acceptors (Lipinski definition) is 4. The van der Waals surface area contributed by atoms with E-state index in [1.165, 1.54) is 18.2 Å². The number of phenolic OH excluding ortho intramolecular Hbond substituents is 1. The second kappa shape index (κ2) is 8.75. The number of carbonyl (C=O) groups excluding carboxylic acids is 1. The van der Waals surface area contributed by atoms with Gasteiger partial charge in [-0.1, -0.05) is 30.0 Å². The number of para-hydroxylation sites is 1. The SMILES string of the molecule is Cc1cc(C#C[C@@]23C[C@@H]2CN(C)C3)cc(C(=O)NC(c2cc3ccccc3[nH]2)c2cc(F)ccc2O)n1. The van der Waals surface area contributed by atoms with Gasteiger partial charge in [0.05, 0.1) is 6.04 Å². The quantitative estimate of drug-likeness (QED) is 0.364. The van der Waals surface area contributed by atoms with Crippen LogP contribution in [0.1, 0.15) is 45.5 Å². The standard InChI is InChI=1S/C30H27FN4O2/c1-18-11-19(9-10-30-15-21(30)16-35(2)17-30)12-26(32-18)29(37)34-28(23-14-22(31)7-8-27(23)36)25-13-20-5-3-4-6-24(20)33-25/h3-8,11-14,21,28,33,36H,15-17H2,1-2H3,(H,34,37)/t21-,28?,30+/m1/s1. The Bertz CT molecular complexity index is 1570. The molecule has 0 bridgehead atoms. The van der Waals surface area contributed by atoms with Gasteiger partial charge in [0.15, 0.2) is 0 Å². The average Bonchev–Trinajstić information content (AvgIpc) is 3.20. The third-order valence-corrected chi connectivity index (χ3v) is 7.40. The summed E-state index contributed by atoms with van der Waals surface area (Å²) in [4.78, 5) is 23.5. The van der Waals surface area contributed by atoms with Crippen LogP contribution in [0.5, 0.6) is 5.75 Å². The minimum atomic E-state index is -0.826. The molecule has 2 fully saturated rings. The topological polar surface area (TPSA) is 81.2 Å². The van der Waals surface area contributed by atoms with Crippen molar-refractivity contribution in [1.29, 1.82) is 0 Å². The number of aromatic nitrogens is 2. The van der Waals surface area contributed by atoms with Crippen LogP contribution >= 0.6 is 0 Å². The Morgan fingerprint density at radius 3 is 2.86 bits per heavy atom. The smallest absolute Gasteiger partial charge is 0.270 e. The molecule has 1 saturated carbocycles. The molecule has 6 rings (SSSR count). The van der Waals surface area contributed by atoms with Crippen LogP contribution in [0.4, 0.5) is 4.39 Å². The first kappa shape index (κ1) is 23.3. The summed E-state index contributed by atoms with van der Waals surface area (Å²) in [6.07, 6.45) is 1.13. The number of aromatic hydroxyl groups is 1. The number of halogens is 1. The third kappa shape index (κ3) is 4.45. The van der Waals surface area contributed by atoms with E-state index in [4.69, 9.17) is 0 Å². The lowest BCUT2D eigenvalue weighted by molar-refractivity contribution is 0.0936. The highest BCUT2D eigenvalue weighted by atomic mass is 19.1. The van der Waals surface area contributed by atoms with Crippen LogP contribution in [0, 0.1) is 35.9 Å². The maximum atomic E-state index is 14.2. The summed E-state index contributed by atoms with van der Waals surface area (Å²) >= 11 is 0. The maximum Gasteiger partial charge on any atom is 0.270 e. The highest BCUT2D eigenvalue weighted by Crippen LogP contribution is 2.56. The highest BCUT2D eigenvalue weighted by molar-refractivity contribution is 5.93. The zero-order valence-corrected chi connectivity index (χ0v) is 20.7. The normalized spacial score (nSPS) is 21.2. The van der Waals surface area contributed by atoms with Crippen molar-refractivity contribution in [3.8, 4) is 17.6 Å². The molecule has 6 nitrogen and oxygen atoms in total. The van der Waals surface area contributed by atoms with Crippen LogP contribution in [0.25, 0.3) is 10.9 Å². The summed E-state index contributed by atoms with van der Waals surface area (Å²) in [5.41, 5.74) is 3.45. The van der Waals surface area contributed by atoms with Gasteiger partial charge in [0.25, 0.3) is 5.91 Å². The first-order valence-corrected chi connectivity index (χ1v) is 12.4. The number of rotatable bonds is 4. The van der Waals surface area contributed by atoms with Crippen molar-refractivity contribution >= 4 is 16.8 Å². The van der Waals surface area contributed by atoms with E-state index in [1.807, 2.05) is 43.3 Å². The molecule has 4 aromatic rings. The van der Waals surface area contributed by atoms with Gasteiger partial charge in [0.2, 0.25) is 0 Å². The minimum absolute atomic E-state index is 0.0734. The number of aryl methyl sites for hydroxylation is 1. The number of nitrogens with one attached hydrogen (secondary N) is 2. The van der Waals surface area contributed by atoms with Crippen LogP contribution in [-0.4, -0.2) is 46.0 Å². The largest absolute Gasteiger partial charge is 0.508 e. The van der Waals surface area contributed by atoms with E-state index in [2.05, 4.69) is 39.1 Å². The Hall–Kier alpha value is -4.15. The van der Waals surface area contributed by atoms with E-state index in [-0.39, 0.29) is 22.4 Å². The number of amides is 1. The Labute approximate surface area is 214 Å². The van der Waals surface area contributed by atoms with Crippen molar-refractivity contribution in [1.82, 2.24) is 20.2 Å². The van der Waals surface area contributed by atoms with Gasteiger partial charge in [0, 0.05) is 46.5 Å². The van der Waals surface area contributed by atoms with Crippen molar-refractivity contribution in [3.05, 3.63) is 94.7 Å². The predicted octanol–water partition coefficient (Wildman–Crippen LogP) is 4.54. The number of carbonyl (C=O) groups is 1. The fraction of sp³-hybridized carbons (Fsp3) is 0.267. The van der Waals surface area contributed by atoms with Gasteiger partial charge in [-0.25, -0.2) is 9.37 Å². The predicted molar refractivity (Wildman–Crippen MR) is 140 cm³/mol. The fourth-order valence-electron chi connectivity index (χ4n) is 5.52. The van der Waals surface area contributed by atoms with Crippen LogP contribution < -0.4 is 5.32 Å². The summed E-state index contributed by atoms with van der Waals surface area (Å²) in [6, 6.07) is 16.0. The van der Waals surface area contributed by atoms with Gasteiger partial charge in [0.1, 0.15) is 17.3 Å². The first-order valence-electron chi connectivity index (χ1n) is 12.4. The molecule has 37 heavy (non-hydrogen) atoms. The number of aromatic amines is 1. The summed E-state index contributed by atoms with van der Waals surface area (Å²) in [6.45, 7) is 3.89. The van der Waals surface area contributed by atoms with Gasteiger partial charge < -0.3 is 20.3 Å². The Balaban J connectivity index is 1.33. The van der Waals surface area contributed by atoms with Crippen LogP contribution in [0.2, 0.25) is 0 Å². The van der Waals surface area contributed by atoms with E-state index in [1.54, 1.807) is 6.07 Å². The van der Waals surface area contributed by atoms with E-state index in [0.29, 0.717) is 17.3 Å². The molecule has 0 radical (unpaired) electrons. The molecule has 2 aromatic heterocycles. The lowest BCUT2D eigenvalue weighted by Crippen LogP contribution is -2.30. The second-order valence-electron chi connectivity index (χ2n) is 10.3. The Kier molecular flexibility index (Phi) is 5.50. The highest BCUT2D eigenvalue weighted by Gasteiger charge is 2.58. The van der Waals surface area contributed by atoms with Crippen molar-refractivity contribution in [2.45, 2.75) is 19.4 Å². The number of fused-ring (bicyclic) bond motifs is 2. The monoisotopic (exact) mass is 494 g/mol. The maximum absolute atomic E-state index is 14.2. The molecule has 186 valence electrons.